The van der Waals surface area contributed by atoms with E-state index in [1.54, 1.807) is 12.1 Å². The van der Waals surface area contributed by atoms with Gasteiger partial charge in [0.1, 0.15) is 5.82 Å². The maximum absolute atomic E-state index is 13.7. The molecule has 0 aliphatic rings. The van der Waals surface area contributed by atoms with E-state index in [2.05, 4.69) is 6.92 Å². The lowest BCUT2D eigenvalue weighted by atomic mass is 10.0. The van der Waals surface area contributed by atoms with Crippen LogP contribution in [0.3, 0.4) is 0 Å². The lowest BCUT2D eigenvalue weighted by Gasteiger charge is -2.12. The average molecular weight is 297 g/mol. The summed E-state index contributed by atoms with van der Waals surface area (Å²) >= 11 is 12.4. The van der Waals surface area contributed by atoms with Crippen molar-refractivity contribution in [3.05, 3.63) is 70.0 Å². The van der Waals surface area contributed by atoms with E-state index >= 15 is 0 Å². The summed E-state index contributed by atoms with van der Waals surface area (Å²) in [4.78, 5) is 0. The molecule has 0 aliphatic heterocycles. The van der Waals surface area contributed by atoms with Gasteiger partial charge in [-0.25, -0.2) is 4.39 Å². The van der Waals surface area contributed by atoms with Gasteiger partial charge in [0.25, 0.3) is 0 Å². The maximum atomic E-state index is 13.7. The zero-order valence-corrected chi connectivity index (χ0v) is 12.2. The first-order valence-electron chi connectivity index (χ1n) is 6.27. The Balaban J connectivity index is 2.18. The summed E-state index contributed by atoms with van der Waals surface area (Å²) in [5, 5.41) is 0.149. The number of hydrogen-bond donors (Lipinski definition) is 0. The van der Waals surface area contributed by atoms with Gasteiger partial charge in [-0.15, -0.1) is 11.6 Å². The van der Waals surface area contributed by atoms with E-state index in [0.717, 1.165) is 12.0 Å². The largest absolute Gasteiger partial charge is 0.207 e. The van der Waals surface area contributed by atoms with Gasteiger partial charge in [-0.2, -0.15) is 0 Å². The third-order valence-electron chi connectivity index (χ3n) is 3.19. The molecule has 0 nitrogen and oxygen atoms in total. The fraction of sp³-hybridized carbons (Fsp3) is 0.250. The van der Waals surface area contributed by atoms with Crippen molar-refractivity contribution in [1.29, 1.82) is 0 Å². The maximum Gasteiger partial charge on any atom is 0.127 e. The summed E-state index contributed by atoms with van der Waals surface area (Å²) in [6, 6.07) is 12.8. The van der Waals surface area contributed by atoms with Gasteiger partial charge in [-0.05, 0) is 36.1 Å². The van der Waals surface area contributed by atoms with Gasteiger partial charge in [0, 0.05) is 10.6 Å². The molecule has 1 atom stereocenters. The minimum atomic E-state index is -0.302. The minimum Gasteiger partial charge on any atom is -0.207 e. The third kappa shape index (κ3) is 3.49. The molecule has 0 fully saturated rings. The summed E-state index contributed by atoms with van der Waals surface area (Å²) in [5.74, 6) is -0.302. The number of hydrogen-bond acceptors (Lipinski definition) is 0. The Hall–Kier alpha value is -1.05. The number of rotatable bonds is 4. The van der Waals surface area contributed by atoms with Crippen LogP contribution < -0.4 is 0 Å². The summed E-state index contributed by atoms with van der Waals surface area (Å²) in [6.45, 7) is 2.10. The molecule has 2 rings (SSSR count). The van der Waals surface area contributed by atoms with Crippen molar-refractivity contribution >= 4 is 23.2 Å². The Morgan fingerprint density at radius 2 is 1.79 bits per heavy atom. The molecule has 2 aromatic rings. The Kier molecular flexibility index (Phi) is 4.84. The molecule has 0 aromatic heterocycles. The molecule has 0 heterocycles. The molecule has 0 N–H and O–H groups in total. The van der Waals surface area contributed by atoms with Gasteiger partial charge in [0.15, 0.2) is 0 Å². The zero-order chi connectivity index (χ0) is 13.8. The smallest absolute Gasteiger partial charge is 0.127 e. The van der Waals surface area contributed by atoms with Gasteiger partial charge in [-0.3, -0.25) is 0 Å². The molecule has 0 spiro atoms. The van der Waals surface area contributed by atoms with Gasteiger partial charge >= 0.3 is 0 Å². The number of benzene rings is 2. The minimum absolute atomic E-state index is 0.277. The van der Waals surface area contributed by atoms with Crippen LogP contribution in [0.5, 0.6) is 0 Å². The molecule has 100 valence electrons. The molecular formula is C16H15Cl2F. The van der Waals surface area contributed by atoms with Crippen molar-refractivity contribution in [2.45, 2.75) is 25.1 Å². The SMILES string of the molecule is CCc1ccc(C(Cl)Cc2c(F)cccc2Cl)cc1. The van der Waals surface area contributed by atoms with E-state index in [4.69, 9.17) is 23.2 Å². The number of alkyl halides is 1. The van der Waals surface area contributed by atoms with E-state index in [9.17, 15) is 4.39 Å². The molecule has 3 heteroatoms. The lowest BCUT2D eigenvalue weighted by molar-refractivity contribution is 0.607. The molecule has 0 aliphatic carbocycles. The standard InChI is InChI=1S/C16H15Cl2F/c1-2-11-6-8-12(9-7-11)15(18)10-13-14(17)4-3-5-16(13)19/h3-9,15H,2,10H2,1H3. The molecule has 1 unspecified atom stereocenters. The molecule has 0 bridgehead atoms. The Morgan fingerprint density at radius 1 is 1.11 bits per heavy atom. The van der Waals surface area contributed by atoms with Crippen LogP contribution in [0, 0.1) is 5.82 Å². The molecule has 2 aromatic carbocycles. The molecular weight excluding hydrogens is 282 g/mol. The average Bonchev–Trinajstić information content (AvgIpc) is 2.43. The fourth-order valence-electron chi connectivity index (χ4n) is 1.99. The number of aryl methyl sites for hydroxylation is 1. The van der Waals surface area contributed by atoms with Crippen LogP contribution in [0.15, 0.2) is 42.5 Å². The fourth-order valence-corrected chi connectivity index (χ4v) is 2.53. The summed E-state index contributed by atoms with van der Waals surface area (Å²) in [5.41, 5.74) is 2.72. The van der Waals surface area contributed by atoms with Crippen molar-refractivity contribution < 1.29 is 4.39 Å². The van der Waals surface area contributed by atoms with Gasteiger partial charge in [0.2, 0.25) is 0 Å². The summed E-state index contributed by atoms with van der Waals surface area (Å²) in [6.07, 6.45) is 1.38. The Labute approximate surface area is 123 Å². The lowest BCUT2D eigenvalue weighted by Crippen LogP contribution is -1.99. The second-order valence-electron chi connectivity index (χ2n) is 4.47. The van der Waals surface area contributed by atoms with E-state index in [1.165, 1.54) is 11.6 Å². The van der Waals surface area contributed by atoms with Gasteiger partial charge < -0.3 is 0 Å². The first kappa shape index (κ1) is 14.4. The first-order chi connectivity index (χ1) is 9.11. The Bertz CT molecular complexity index is 529. The van der Waals surface area contributed by atoms with Crippen LogP contribution in [0.2, 0.25) is 5.02 Å². The highest BCUT2D eigenvalue weighted by atomic mass is 35.5. The second-order valence-corrected chi connectivity index (χ2v) is 5.40. The Morgan fingerprint density at radius 3 is 2.37 bits per heavy atom. The third-order valence-corrected chi connectivity index (χ3v) is 3.96. The van der Waals surface area contributed by atoms with Crippen LogP contribution in [0.1, 0.15) is 29.0 Å². The van der Waals surface area contributed by atoms with E-state index < -0.39 is 0 Å². The van der Waals surface area contributed by atoms with Crippen LogP contribution in [-0.2, 0) is 12.8 Å². The van der Waals surface area contributed by atoms with Crippen LogP contribution >= 0.6 is 23.2 Å². The van der Waals surface area contributed by atoms with Crippen molar-refractivity contribution in [3.63, 3.8) is 0 Å². The van der Waals surface area contributed by atoms with Crippen molar-refractivity contribution in [3.8, 4) is 0 Å². The van der Waals surface area contributed by atoms with Crippen LogP contribution in [0.25, 0.3) is 0 Å². The monoisotopic (exact) mass is 296 g/mol. The summed E-state index contributed by atoms with van der Waals surface area (Å²) < 4.78 is 13.7. The highest BCUT2D eigenvalue weighted by Gasteiger charge is 2.14. The molecule has 0 saturated carbocycles. The van der Waals surface area contributed by atoms with E-state index in [1.807, 2.05) is 24.3 Å². The topological polar surface area (TPSA) is 0 Å². The highest BCUT2D eigenvalue weighted by Crippen LogP contribution is 2.30. The van der Waals surface area contributed by atoms with Crippen molar-refractivity contribution in [2.75, 3.05) is 0 Å². The molecule has 19 heavy (non-hydrogen) atoms. The molecule has 0 saturated heterocycles. The van der Waals surface area contributed by atoms with Gasteiger partial charge in [0.05, 0.1) is 5.38 Å². The normalized spacial score (nSPS) is 12.4. The van der Waals surface area contributed by atoms with E-state index in [0.29, 0.717) is 17.0 Å². The molecule has 0 radical (unpaired) electrons. The second kappa shape index (κ2) is 6.40. The zero-order valence-electron chi connectivity index (χ0n) is 10.7. The number of halogens is 3. The van der Waals surface area contributed by atoms with E-state index in [-0.39, 0.29) is 11.2 Å². The predicted molar refractivity (Wildman–Crippen MR) is 79.5 cm³/mol. The van der Waals surface area contributed by atoms with Crippen LogP contribution in [-0.4, -0.2) is 0 Å². The predicted octanol–water partition coefficient (Wildman–Crippen LogP) is 5.56. The van der Waals surface area contributed by atoms with Gasteiger partial charge in [-0.1, -0.05) is 48.9 Å². The quantitative estimate of drug-likeness (QED) is 0.648. The van der Waals surface area contributed by atoms with Crippen molar-refractivity contribution in [2.24, 2.45) is 0 Å². The van der Waals surface area contributed by atoms with Crippen LogP contribution in [0.4, 0.5) is 4.39 Å². The summed E-state index contributed by atoms with van der Waals surface area (Å²) in [7, 11) is 0. The van der Waals surface area contributed by atoms with Crippen molar-refractivity contribution in [1.82, 2.24) is 0 Å². The highest BCUT2D eigenvalue weighted by molar-refractivity contribution is 6.31. The first-order valence-corrected chi connectivity index (χ1v) is 7.09. The molecule has 0 amide bonds.